The van der Waals surface area contributed by atoms with Crippen LogP contribution in [0, 0.1) is 0 Å². The van der Waals surface area contributed by atoms with Crippen LogP contribution in [0.1, 0.15) is 52.9 Å². The summed E-state index contributed by atoms with van der Waals surface area (Å²) in [6, 6.07) is -0.258. The average Bonchev–Trinajstić information content (AvgIpc) is 2.60. The summed E-state index contributed by atoms with van der Waals surface area (Å²) in [5, 5.41) is 14.3. The van der Waals surface area contributed by atoms with Gasteiger partial charge in [0.25, 0.3) is 0 Å². The molecular weight excluding hydrogens is 306 g/mol. The molecule has 1 saturated heterocycles. The highest BCUT2D eigenvalue weighted by Gasteiger charge is 2.57. The molecule has 21 heavy (non-hydrogen) atoms. The SMILES string of the molecule is CN1C(=S)SC(C)(N(O)C(=O)NC2CCCCC2)C1(C)C. The summed E-state index contributed by atoms with van der Waals surface area (Å²) in [7, 11) is 1.90. The molecule has 2 rings (SSSR count). The number of nitrogens with one attached hydrogen (secondary N) is 1. The Hall–Kier alpha value is -0.530. The summed E-state index contributed by atoms with van der Waals surface area (Å²) >= 11 is 6.68. The number of carbonyl (C=O) groups excluding carboxylic acids is 1. The van der Waals surface area contributed by atoms with Crippen molar-refractivity contribution in [1.82, 2.24) is 15.3 Å². The topological polar surface area (TPSA) is 55.8 Å². The van der Waals surface area contributed by atoms with Gasteiger partial charge in [-0.1, -0.05) is 43.2 Å². The van der Waals surface area contributed by atoms with Crippen LogP contribution in [-0.2, 0) is 0 Å². The average molecular weight is 332 g/mol. The monoisotopic (exact) mass is 331 g/mol. The highest BCUT2D eigenvalue weighted by molar-refractivity contribution is 8.24. The molecule has 1 aliphatic carbocycles. The van der Waals surface area contributed by atoms with Crippen molar-refractivity contribution in [3.8, 4) is 0 Å². The number of hydrogen-bond donors (Lipinski definition) is 2. The zero-order valence-corrected chi connectivity index (χ0v) is 14.8. The highest BCUT2D eigenvalue weighted by Crippen LogP contribution is 2.49. The summed E-state index contributed by atoms with van der Waals surface area (Å²) in [4.78, 5) is 13.5. The highest BCUT2D eigenvalue weighted by atomic mass is 32.2. The lowest BCUT2D eigenvalue weighted by molar-refractivity contribution is -0.116. The molecule has 0 spiro atoms. The molecule has 1 heterocycles. The number of hydroxylamine groups is 2. The van der Waals surface area contributed by atoms with Gasteiger partial charge in [-0.25, -0.2) is 4.79 Å². The van der Waals surface area contributed by atoms with Crippen molar-refractivity contribution in [3.05, 3.63) is 0 Å². The Balaban J connectivity index is 2.09. The number of rotatable bonds is 2. The van der Waals surface area contributed by atoms with Crippen molar-refractivity contribution in [3.63, 3.8) is 0 Å². The Labute approximate surface area is 136 Å². The van der Waals surface area contributed by atoms with E-state index < -0.39 is 16.4 Å². The van der Waals surface area contributed by atoms with Gasteiger partial charge in [-0.05, 0) is 33.6 Å². The van der Waals surface area contributed by atoms with Crippen LogP contribution in [0.5, 0.6) is 0 Å². The fraction of sp³-hybridized carbons (Fsp3) is 0.857. The molecule has 5 nitrogen and oxygen atoms in total. The second kappa shape index (κ2) is 5.93. The van der Waals surface area contributed by atoms with E-state index in [1.165, 1.54) is 18.2 Å². The van der Waals surface area contributed by atoms with Gasteiger partial charge in [0.2, 0.25) is 0 Å². The van der Waals surface area contributed by atoms with E-state index in [1.54, 1.807) is 0 Å². The summed E-state index contributed by atoms with van der Waals surface area (Å²) < 4.78 is 0.687. The first kappa shape index (κ1) is 16.8. The predicted molar refractivity (Wildman–Crippen MR) is 89.5 cm³/mol. The Morgan fingerprint density at radius 1 is 1.38 bits per heavy atom. The molecule has 2 aliphatic rings. The molecule has 0 aromatic rings. The molecule has 7 heteroatoms. The van der Waals surface area contributed by atoms with Crippen molar-refractivity contribution in [2.75, 3.05) is 7.05 Å². The van der Waals surface area contributed by atoms with Crippen molar-refractivity contribution in [2.45, 2.75) is 69.3 Å². The predicted octanol–water partition coefficient (Wildman–Crippen LogP) is 3.18. The maximum Gasteiger partial charge on any atom is 0.342 e. The Morgan fingerprint density at radius 3 is 2.43 bits per heavy atom. The molecule has 1 saturated carbocycles. The van der Waals surface area contributed by atoms with E-state index in [9.17, 15) is 10.0 Å². The molecule has 1 unspecified atom stereocenters. The number of thiocarbonyl (C=S) groups is 1. The molecule has 1 aliphatic heterocycles. The van der Waals surface area contributed by atoms with Crippen LogP contribution in [0.2, 0.25) is 0 Å². The van der Waals surface area contributed by atoms with Gasteiger partial charge in [0.1, 0.15) is 9.19 Å². The zero-order valence-electron chi connectivity index (χ0n) is 13.2. The molecule has 2 amide bonds. The lowest BCUT2D eigenvalue weighted by Crippen LogP contribution is -2.62. The number of nitrogens with zero attached hydrogens (tertiary/aromatic N) is 2. The van der Waals surface area contributed by atoms with Gasteiger partial charge in [-0.3, -0.25) is 5.21 Å². The zero-order chi connectivity index (χ0) is 15.8. The first-order chi connectivity index (χ1) is 9.70. The first-order valence-corrected chi connectivity index (χ1v) is 8.69. The normalized spacial score (nSPS) is 29.6. The van der Waals surface area contributed by atoms with Gasteiger partial charge < -0.3 is 10.2 Å². The quantitative estimate of drug-likeness (QED) is 0.462. The first-order valence-electron chi connectivity index (χ1n) is 7.46. The lowest BCUT2D eigenvalue weighted by Gasteiger charge is -2.44. The standard InChI is InChI=1S/C14H25N3O2S2/c1-13(2)14(3,21-12(20)16(13)4)17(19)11(18)15-10-8-6-5-7-9-10/h10,19H,5-9H2,1-4H3,(H,15,18). The maximum atomic E-state index is 12.4. The molecule has 120 valence electrons. The van der Waals surface area contributed by atoms with E-state index in [-0.39, 0.29) is 6.04 Å². The molecule has 0 aromatic heterocycles. The molecule has 2 fully saturated rings. The van der Waals surface area contributed by atoms with Crippen LogP contribution in [0.25, 0.3) is 0 Å². The van der Waals surface area contributed by atoms with Gasteiger partial charge in [0.15, 0.2) is 0 Å². The van der Waals surface area contributed by atoms with Crippen LogP contribution in [0.3, 0.4) is 0 Å². The Morgan fingerprint density at radius 2 is 1.95 bits per heavy atom. The molecule has 0 radical (unpaired) electrons. The second-order valence-corrected chi connectivity index (χ2v) is 8.60. The van der Waals surface area contributed by atoms with Crippen molar-refractivity contribution in [2.24, 2.45) is 0 Å². The molecule has 1 atom stereocenters. The fourth-order valence-corrected chi connectivity index (χ4v) is 4.86. The van der Waals surface area contributed by atoms with Crippen molar-refractivity contribution >= 4 is 34.3 Å². The summed E-state index contributed by atoms with van der Waals surface area (Å²) in [6.07, 6.45) is 5.49. The summed E-state index contributed by atoms with van der Waals surface area (Å²) in [6.45, 7) is 5.82. The van der Waals surface area contributed by atoms with Crippen LogP contribution in [0.15, 0.2) is 0 Å². The van der Waals surface area contributed by atoms with E-state index in [4.69, 9.17) is 12.2 Å². The third-order valence-corrected chi connectivity index (χ3v) is 7.11. The van der Waals surface area contributed by atoms with Crippen LogP contribution < -0.4 is 5.32 Å². The van der Waals surface area contributed by atoms with Crippen LogP contribution in [0.4, 0.5) is 4.79 Å². The number of hydrogen-bond acceptors (Lipinski definition) is 4. The van der Waals surface area contributed by atoms with E-state index in [2.05, 4.69) is 5.32 Å². The fourth-order valence-electron chi connectivity index (χ4n) is 2.88. The smallest absolute Gasteiger partial charge is 0.342 e. The van der Waals surface area contributed by atoms with Gasteiger partial charge in [-0.15, -0.1) is 0 Å². The largest absolute Gasteiger partial charge is 0.352 e. The van der Waals surface area contributed by atoms with Gasteiger partial charge >= 0.3 is 6.03 Å². The number of carbonyl (C=O) groups is 1. The molecular formula is C14H25N3O2S2. The summed E-state index contributed by atoms with van der Waals surface area (Å²) in [5.41, 5.74) is -0.451. The van der Waals surface area contributed by atoms with Crippen LogP contribution >= 0.6 is 24.0 Å². The van der Waals surface area contributed by atoms with Gasteiger partial charge in [-0.2, -0.15) is 5.06 Å². The number of likely N-dealkylation sites (N-methyl/N-ethyl adjacent to an activating group) is 1. The van der Waals surface area contributed by atoms with E-state index in [0.29, 0.717) is 4.32 Å². The molecule has 2 N–H and O–H groups in total. The van der Waals surface area contributed by atoms with Gasteiger partial charge in [0, 0.05) is 13.1 Å². The lowest BCUT2D eigenvalue weighted by atomic mass is 9.93. The van der Waals surface area contributed by atoms with Crippen molar-refractivity contribution in [1.29, 1.82) is 0 Å². The second-order valence-electron chi connectivity index (χ2n) is 6.57. The number of urea groups is 1. The third kappa shape index (κ3) is 2.87. The minimum absolute atomic E-state index is 0.170. The van der Waals surface area contributed by atoms with Crippen LogP contribution in [-0.4, -0.2) is 49.0 Å². The van der Waals surface area contributed by atoms with E-state index in [0.717, 1.165) is 30.7 Å². The van der Waals surface area contributed by atoms with E-state index >= 15 is 0 Å². The maximum absolute atomic E-state index is 12.4. The minimum atomic E-state index is -0.808. The molecule has 0 bridgehead atoms. The third-order valence-electron chi connectivity index (χ3n) is 5.06. The molecule has 0 aromatic carbocycles. The van der Waals surface area contributed by atoms with E-state index in [1.807, 2.05) is 32.7 Å². The number of thioether (sulfide) groups is 1. The van der Waals surface area contributed by atoms with Crippen molar-refractivity contribution < 1.29 is 10.0 Å². The van der Waals surface area contributed by atoms with Gasteiger partial charge in [0.05, 0.1) is 5.54 Å². The minimum Gasteiger partial charge on any atom is -0.352 e. The Bertz CT molecular complexity index is 438. The summed E-state index contributed by atoms with van der Waals surface area (Å²) in [5.74, 6) is 0. The Kier molecular flexibility index (Phi) is 4.75. The number of amides is 2.